The number of carboxylic acids is 4. The van der Waals surface area contributed by atoms with E-state index in [4.69, 9.17) is 10.5 Å². The van der Waals surface area contributed by atoms with Gasteiger partial charge in [-0.3, -0.25) is 53.0 Å². The molecule has 66 heavy (non-hydrogen) atoms. The summed E-state index contributed by atoms with van der Waals surface area (Å²) in [7, 11) is -17.0. The molecule has 0 spiro atoms. The molecule has 0 amide bonds. The number of phosphoric acid groups is 2. The monoisotopic (exact) mass is 988 g/mol. The number of aliphatic carboxylic acids is 4. The second-order valence-corrected chi connectivity index (χ2v) is 18.9. The number of fused-ring (bicyclic) bond motifs is 1. The van der Waals surface area contributed by atoms with Crippen molar-refractivity contribution in [3.63, 3.8) is 0 Å². The van der Waals surface area contributed by atoms with Crippen LogP contribution in [0, 0.1) is 17.8 Å². The fourth-order valence-corrected chi connectivity index (χ4v) is 10.1. The molecular weight excluding hydrogens is 949 g/mol. The third kappa shape index (κ3) is 14.8. The van der Waals surface area contributed by atoms with Crippen LogP contribution in [0.2, 0.25) is 0 Å². The normalized spacial score (nSPS) is 19.9. The Morgan fingerprint density at radius 3 is 2.08 bits per heavy atom. The molecule has 1 aliphatic heterocycles. The van der Waals surface area contributed by atoms with E-state index >= 15 is 0 Å². The zero-order valence-corrected chi connectivity index (χ0v) is 36.1. The molecule has 0 bridgehead atoms. The van der Waals surface area contributed by atoms with Crippen molar-refractivity contribution in [2.45, 2.75) is 50.3 Å². The number of nitrogens with zero attached hydrogens (tertiary/aromatic N) is 5. The molecular formula is C34H39N8O21P3. The first kappa shape index (κ1) is 51.0. The molecule has 4 aromatic rings. The predicted octanol–water partition coefficient (Wildman–Crippen LogP) is -0.342. The Kier molecular flexibility index (Phi) is 16.3. The maximum Gasteiger partial charge on any atom is 0.489 e. The zero-order chi connectivity index (χ0) is 48.7. The first-order valence-corrected chi connectivity index (χ1v) is 23.1. The minimum Gasteiger partial charge on any atom is -0.481 e. The van der Waals surface area contributed by atoms with Crippen LogP contribution in [0.15, 0.2) is 47.5 Å². The number of nitrogens with two attached hydrogens (primary N) is 1. The predicted molar refractivity (Wildman–Crippen MR) is 219 cm³/mol. The van der Waals surface area contributed by atoms with Crippen molar-refractivity contribution in [2.75, 3.05) is 30.5 Å². The number of phosphoric ester groups is 1. The van der Waals surface area contributed by atoms with Crippen molar-refractivity contribution in [1.82, 2.24) is 29.4 Å². The summed E-state index contributed by atoms with van der Waals surface area (Å²) < 4.78 is 57.5. The number of aliphatic hydroxyl groups is 2. The molecule has 32 heteroatoms. The number of aromatic nitrogens is 5. The molecule has 4 unspecified atom stereocenters. The Bertz CT molecular complexity index is 2670. The summed E-state index contributed by atoms with van der Waals surface area (Å²) in [6, 6.07) is 7.72. The summed E-state index contributed by atoms with van der Waals surface area (Å²) >= 11 is 0. The molecule has 7 atom stereocenters. The summed E-state index contributed by atoms with van der Waals surface area (Å²) in [4.78, 5) is 104. The highest BCUT2D eigenvalue weighted by Gasteiger charge is 2.47. The van der Waals surface area contributed by atoms with Crippen molar-refractivity contribution in [1.29, 1.82) is 0 Å². The van der Waals surface area contributed by atoms with E-state index in [1.165, 1.54) is 24.3 Å². The van der Waals surface area contributed by atoms with Gasteiger partial charge in [0.15, 0.2) is 17.4 Å². The van der Waals surface area contributed by atoms with Crippen LogP contribution < -0.4 is 16.4 Å². The Hall–Kier alpha value is -5.95. The topological polar surface area (TPSA) is 456 Å². The molecule has 1 aliphatic rings. The number of benzene rings is 1. The fraction of sp³-hybridized carbons (Fsp3) is 0.353. The molecule has 5 rings (SSSR count). The lowest BCUT2D eigenvalue weighted by Crippen LogP contribution is -2.34. The molecule has 3 aromatic heterocycles. The molecule has 4 heterocycles. The van der Waals surface area contributed by atoms with Gasteiger partial charge in [-0.15, -0.1) is 0 Å². The number of nitrogens with one attached hydrogen (secondary N) is 2. The van der Waals surface area contributed by atoms with Gasteiger partial charge in [-0.25, -0.2) is 18.7 Å². The number of ether oxygens (including phenoxy) is 1. The Balaban J connectivity index is 1.23. The smallest absolute Gasteiger partial charge is 0.481 e. The number of hydrogen-bond acceptors (Lipinski definition) is 19. The first-order valence-electron chi connectivity index (χ1n) is 18.6. The lowest BCUT2D eigenvalue weighted by molar-refractivity contribution is -0.143. The maximum atomic E-state index is 12.8. The largest absolute Gasteiger partial charge is 0.489 e. The summed E-state index contributed by atoms with van der Waals surface area (Å²) in [6.07, 6.45) is -6.91. The number of carboxylic acid groups (broad SMARTS) is 4. The molecule has 1 saturated heterocycles. The lowest BCUT2D eigenvalue weighted by atomic mass is 9.95. The highest BCUT2D eigenvalue weighted by molar-refractivity contribution is 7.68. The van der Waals surface area contributed by atoms with Gasteiger partial charge in [0.2, 0.25) is 5.95 Å². The van der Waals surface area contributed by atoms with Crippen LogP contribution in [0.5, 0.6) is 0 Å². The van der Waals surface area contributed by atoms with Crippen LogP contribution in [-0.2, 0) is 63.7 Å². The minimum atomic E-state index is -5.94. The quantitative estimate of drug-likeness (QED) is 0.0354. The zero-order valence-electron chi connectivity index (χ0n) is 33.5. The van der Waals surface area contributed by atoms with E-state index < -0.39 is 116 Å². The number of imidazole rings is 1. The number of aliphatic hydroxyl groups excluding tert-OH is 2. The molecule has 0 radical (unpaired) electrons. The van der Waals surface area contributed by atoms with Crippen molar-refractivity contribution in [3.05, 3.63) is 75.6 Å². The number of H-pyrrole nitrogens is 1. The third-order valence-corrected chi connectivity index (χ3v) is 13.2. The van der Waals surface area contributed by atoms with Gasteiger partial charge in [0.1, 0.15) is 18.3 Å². The SMILES string of the molecule is Nc1nc2c(ncn2[C@@H]2O[C@H](COP(=O)(O)OP(=O)(O)OP(=O)(O)Nc3ccc(C#Cc4cc(CC(CC(=O)O)CC(=O)O)nc(CN(CC(=O)O)CC(=O)O)c4)cc3)C(O)[C@@H]2O)c(=O)[nH]1. The third-order valence-electron chi connectivity index (χ3n) is 8.85. The second-order valence-electron chi connectivity index (χ2n) is 14.2. The van der Waals surface area contributed by atoms with Crippen molar-refractivity contribution in [2.24, 2.45) is 5.92 Å². The van der Waals surface area contributed by atoms with Crippen LogP contribution in [0.4, 0.5) is 11.6 Å². The molecule has 13 N–H and O–H groups in total. The van der Waals surface area contributed by atoms with Gasteiger partial charge in [-0.2, -0.15) is 13.6 Å². The number of rotatable bonds is 22. The van der Waals surface area contributed by atoms with Crippen molar-refractivity contribution >= 4 is 70.1 Å². The average Bonchev–Trinajstić information content (AvgIpc) is 3.70. The van der Waals surface area contributed by atoms with E-state index in [0.29, 0.717) is 0 Å². The summed E-state index contributed by atoms with van der Waals surface area (Å²) in [5, 5.41) is 60.1. The summed E-state index contributed by atoms with van der Waals surface area (Å²) in [6.45, 7) is -2.76. The van der Waals surface area contributed by atoms with E-state index in [0.717, 1.165) is 27.9 Å². The fourth-order valence-electron chi connectivity index (χ4n) is 6.35. The van der Waals surface area contributed by atoms with Gasteiger partial charge < -0.3 is 55.8 Å². The van der Waals surface area contributed by atoms with Crippen LogP contribution in [-0.4, -0.2) is 137 Å². The second kappa shape index (κ2) is 21.1. The summed E-state index contributed by atoms with van der Waals surface area (Å²) in [5.41, 5.74) is 4.98. The van der Waals surface area contributed by atoms with Gasteiger partial charge in [0.25, 0.3) is 5.56 Å². The molecule has 356 valence electrons. The van der Waals surface area contributed by atoms with E-state index in [1.807, 2.05) is 5.09 Å². The van der Waals surface area contributed by atoms with Crippen molar-refractivity contribution in [3.8, 4) is 11.8 Å². The van der Waals surface area contributed by atoms with Crippen LogP contribution in [0.25, 0.3) is 11.2 Å². The average molecular weight is 989 g/mol. The first-order chi connectivity index (χ1) is 30.8. The van der Waals surface area contributed by atoms with Crippen LogP contribution >= 0.6 is 23.4 Å². The van der Waals surface area contributed by atoms with E-state index in [-0.39, 0.29) is 58.3 Å². The van der Waals surface area contributed by atoms with Crippen molar-refractivity contribution < 1.29 is 96.1 Å². The standard InChI is InChI=1S/C34H39N8O21P3/c35-34-38-31-28(32(53)39-34)36-16-42(31)33-30(52)29(51)23(61-33)15-60-65(56,57)63-66(58,59)62-64(54,55)40-20-5-3-17(4-6-20)1-2-18-7-21(9-19(10-24(43)44)11-25(45)46)37-22(8-18)12-41(13-26(47)48)14-27(49)50/h3-8,16,19,23,29-30,33,51-52H,9-15H2,(H,43,44)(H,45,46)(H,47,48)(H,49,50)(H,56,57)(H,58,59)(H2,40,54,55)(H3,35,38,39,53)/t23-,29?,30+,33-/m1/s1. The highest BCUT2D eigenvalue weighted by atomic mass is 31.3. The number of nitrogen functional groups attached to an aromatic ring is 1. The van der Waals surface area contributed by atoms with Crippen LogP contribution in [0.3, 0.4) is 0 Å². The molecule has 1 aromatic carbocycles. The number of aromatic amines is 1. The number of anilines is 2. The Labute approximate surface area is 369 Å². The van der Waals surface area contributed by atoms with Gasteiger partial charge in [0, 0.05) is 41.9 Å². The minimum absolute atomic E-state index is 0.122. The van der Waals surface area contributed by atoms with E-state index in [2.05, 4.69) is 44.9 Å². The summed E-state index contributed by atoms with van der Waals surface area (Å²) in [5.74, 6) is -0.887. The highest BCUT2D eigenvalue weighted by Crippen LogP contribution is 2.67. The number of hydrogen-bond donors (Lipinski definition) is 12. The molecule has 29 nitrogen and oxygen atoms in total. The van der Waals surface area contributed by atoms with Gasteiger partial charge in [0.05, 0.1) is 31.7 Å². The van der Waals surface area contributed by atoms with Crippen LogP contribution in [0.1, 0.15) is 41.6 Å². The Morgan fingerprint density at radius 1 is 0.864 bits per heavy atom. The van der Waals surface area contributed by atoms with Gasteiger partial charge in [-0.05, 0) is 48.7 Å². The maximum absolute atomic E-state index is 12.8. The van der Waals surface area contributed by atoms with E-state index in [1.54, 1.807) is 0 Å². The Morgan fingerprint density at radius 2 is 1.47 bits per heavy atom. The lowest BCUT2D eigenvalue weighted by Gasteiger charge is -2.20. The van der Waals surface area contributed by atoms with Gasteiger partial charge in [-0.1, -0.05) is 11.8 Å². The molecule has 1 fully saturated rings. The molecule has 0 saturated carbocycles. The number of pyridine rings is 1. The van der Waals surface area contributed by atoms with E-state index in [9.17, 15) is 83.0 Å². The van der Waals surface area contributed by atoms with Gasteiger partial charge >= 0.3 is 47.3 Å². The molecule has 0 aliphatic carbocycles. The number of carbonyl (C=O) groups is 4.